The number of hydrogen-bond acceptors (Lipinski definition) is 6. The lowest BCUT2D eigenvalue weighted by molar-refractivity contribution is -0.113. The van der Waals surface area contributed by atoms with Gasteiger partial charge in [0.15, 0.2) is 4.34 Å². The molecule has 1 fully saturated rings. The van der Waals surface area contributed by atoms with Gasteiger partial charge in [0.2, 0.25) is 5.91 Å². The lowest BCUT2D eigenvalue weighted by atomic mass is 10.1. The molecular formula is C28H25FN4O2S2. The smallest absolute Gasteiger partial charge is 0.254 e. The van der Waals surface area contributed by atoms with Crippen LogP contribution >= 0.6 is 23.1 Å². The molecule has 0 saturated carbocycles. The van der Waals surface area contributed by atoms with Gasteiger partial charge in [0.25, 0.3) is 5.91 Å². The second kappa shape index (κ2) is 11.6. The summed E-state index contributed by atoms with van der Waals surface area (Å²) in [6.07, 6.45) is 0. The van der Waals surface area contributed by atoms with Crippen molar-refractivity contribution in [3.63, 3.8) is 0 Å². The Balaban J connectivity index is 1.09. The largest absolute Gasteiger partial charge is 0.368 e. The highest BCUT2D eigenvalue weighted by Gasteiger charge is 2.22. The van der Waals surface area contributed by atoms with Crippen LogP contribution in [0.15, 0.2) is 88.6 Å². The van der Waals surface area contributed by atoms with Crippen molar-refractivity contribution in [3.8, 4) is 11.3 Å². The minimum atomic E-state index is -0.407. The average molecular weight is 533 g/mol. The van der Waals surface area contributed by atoms with E-state index in [0.717, 1.165) is 27.0 Å². The first-order valence-corrected chi connectivity index (χ1v) is 13.8. The molecule has 1 aromatic heterocycles. The van der Waals surface area contributed by atoms with Crippen molar-refractivity contribution in [1.82, 2.24) is 9.88 Å². The zero-order valence-corrected chi connectivity index (χ0v) is 21.6. The first-order chi connectivity index (χ1) is 18.0. The van der Waals surface area contributed by atoms with Crippen LogP contribution in [-0.2, 0) is 4.79 Å². The number of piperazine rings is 1. The summed E-state index contributed by atoms with van der Waals surface area (Å²) in [5, 5.41) is 4.95. The van der Waals surface area contributed by atoms with Crippen LogP contribution in [0, 0.1) is 5.82 Å². The molecule has 188 valence electrons. The quantitative estimate of drug-likeness (QED) is 0.312. The molecule has 0 spiro atoms. The van der Waals surface area contributed by atoms with Crippen LogP contribution < -0.4 is 10.2 Å². The van der Waals surface area contributed by atoms with Crippen LogP contribution in [0.4, 0.5) is 15.8 Å². The highest BCUT2D eigenvalue weighted by atomic mass is 32.2. The van der Waals surface area contributed by atoms with Crippen molar-refractivity contribution in [2.75, 3.05) is 42.1 Å². The maximum atomic E-state index is 13.5. The first-order valence-electron chi connectivity index (χ1n) is 11.9. The van der Waals surface area contributed by atoms with Crippen molar-refractivity contribution in [3.05, 3.63) is 95.6 Å². The third-order valence-corrected chi connectivity index (χ3v) is 8.06. The Kier molecular flexibility index (Phi) is 7.82. The molecule has 6 nitrogen and oxygen atoms in total. The molecule has 0 bridgehead atoms. The van der Waals surface area contributed by atoms with Gasteiger partial charge in [-0.3, -0.25) is 9.59 Å². The van der Waals surface area contributed by atoms with Gasteiger partial charge >= 0.3 is 0 Å². The van der Waals surface area contributed by atoms with Crippen molar-refractivity contribution >= 4 is 46.3 Å². The van der Waals surface area contributed by atoms with Crippen LogP contribution in [0.3, 0.4) is 0 Å². The second-order valence-electron chi connectivity index (χ2n) is 8.54. The molecule has 1 aliphatic heterocycles. The van der Waals surface area contributed by atoms with Crippen LogP contribution in [0.1, 0.15) is 10.4 Å². The minimum absolute atomic E-state index is 0.0845. The van der Waals surface area contributed by atoms with Crippen molar-refractivity contribution in [2.45, 2.75) is 4.34 Å². The summed E-state index contributed by atoms with van der Waals surface area (Å²) in [7, 11) is 0. The SMILES string of the molecule is O=C(CSc1nc(-c2ccccc2)cs1)Nc1ccc(N2CCN(C(=O)c3cccc(F)c3)CC2)cc1. The van der Waals surface area contributed by atoms with Gasteiger partial charge < -0.3 is 15.1 Å². The summed E-state index contributed by atoms with van der Waals surface area (Å²) >= 11 is 2.96. The molecule has 1 N–H and O–H groups in total. The fourth-order valence-corrected chi connectivity index (χ4v) is 5.75. The Morgan fingerprint density at radius 1 is 0.946 bits per heavy atom. The number of anilines is 2. The number of halogens is 1. The molecule has 0 atom stereocenters. The third-order valence-electron chi connectivity index (χ3n) is 6.03. The van der Waals surface area contributed by atoms with Crippen LogP contribution in [0.25, 0.3) is 11.3 Å². The fraction of sp³-hybridized carbons (Fsp3) is 0.179. The molecule has 0 radical (unpaired) electrons. The fourth-order valence-electron chi connectivity index (χ4n) is 4.12. The molecule has 0 aliphatic carbocycles. The molecule has 2 heterocycles. The number of nitrogens with one attached hydrogen (secondary N) is 1. The van der Waals surface area contributed by atoms with Crippen molar-refractivity contribution in [1.29, 1.82) is 0 Å². The third kappa shape index (κ3) is 6.36. The number of nitrogens with zero attached hydrogens (tertiary/aromatic N) is 3. The number of thioether (sulfide) groups is 1. The van der Waals surface area contributed by atoms with E-state index in [1.807, 2.05) is 60.0 Å². The topological polar surface area (TPSA) is 65.5 Å². The zero-order valence-electron chi connectivity index (χ0n) is 20.0. The summed E-state index contributed by atoms with van der Waals surface area (Å²) in [4.78, 5) is 33.7. The normalized spacial score (nSPS) is 13.4. The summed E-state index contributed by atoms with van der Waals surface area (Å²) in [6, 6.07) is 23.5. The Hall–Kier alpha value is -3.69. The molecule has 0 unspecified atom stereocenters. The van der Waals surface area contributed by atoms with E-state index >= 15 is 0 Å². The van der Waals surface area contributed by atoms with E-state index in [9.17, 15) is 14.0 Å². The minimum Gasteiger partial charge on any atom is -0.368 e. The Labute approximate surface area is 223 Å². The maximum absolute atomic E-state index is 13.5. The van der Waals surface area contributed by atoms with E-state index in [1.54, 1.807) is 17.0 Å². The molecule has 37 heavy (non-hydrogen) atoms. The molecular weight excluding hydrogens is 507 g/mol. The molecule has 4 aromatic rings. The van der Waals surface area contributed by atoms with E-state index in [1.165, 1.54) is 35.2 Å². The highest BCUT2D eigenvalue weighted by Crippen LogP contribution is 2.28. The van der Waals surface area contributed by atoms with Crippen LogP contribution in [0.5, 0.6) is 0 Å². The number of hydrogen-bond donors (Lipinski definition) is 1. The zero-order chi connectivity index (χ0) is 25.6. The molecule has 2 amide bonds. The Morgan fingerprint density at radius 3 is 2.43 bits per heavy atom. The maximum Gasteiger partial charge on any atom is 0.254 e. The predicted octanol–water partition coefficient (Wildman–Crippen LogP) is 5.64. The summed E-state index contributed by atoms with van der Waals surface area (Å²) in [5.74, 6) is -0.358. The Morgan fingerprint density at radius 2 is 1.70 bits per heavy atom. The van der Waals surface area contributed by atoms with Gasteiger partial charge in [-0.1, -0.05) is 48.2 Å². The molecule has 5 rings (SSSR count). The number of thiazole rings is 1. The van der Waals surface area contributed by atoms with Crippen LogP contribution in [0.2, 0.25) is 0 Å². The van der Waals surface area contributed by atoms with E-state index in [0.29, 0.717) is 31.7 Å². The molecule has 3 aromatic carbocycles. The number of amides is 2. The number of carbonyl (C=O) groups excluding carboxylic acids is 2. The Bertz CT molecular complexity index is 1370. The van der Waals surface area contributed by atoms with E-state index in [2.05, 4.69) is 15.2 Å². The lowest BCUT2D eigenvalue weighted by Gasteiger charge is -2.36. The highest BCUT2D eigenvalue weighted by molar-refractivity contribution is 8.01. The van der Waals surface area contributed by atoms with Crippen LogP contribution in [-0.4, -0.2) is 53.6 Å². The molecule has 9 heteroatoms. The number of carbonyl (C=O) groups is 2. The van der Waals surface area contributed by atoms with Crippen molar-refractivity contribution < 1.29 is 14.0 Å². The summed E-state index contributed by atoms with van der Waals surface area (Å²) in [6.45, 7) is 2.49. The van der Waals surface area contributed by atoms with Gasteiger partial charge in [0.1, 0.15) is 5.82 Å². The summed E-state index contributed by atoms with van der Waals surface area (Å²) < 4.78 is 14.3. The monoisotopic (exact) mass is 532 g/mol. The van der Waals surface area contributed by atoms with Gasteiger partial charge in [-0.15, -0.1) is 11.3 Å². The van der Waals surface area contributed by atoms with Crippen molar-refractivity contribution in [2.24, 2.45) is 0 Å². The predicted molar refractivity (Wildman–Crippen MR) is 148 cm³/mol. The number of rotatable bonds is 7. The number of aromatic nitrogens is 1. The van der Waals surface area contributed by atoms with E-state index < -0.39 is 5.82 Å². The number of benzene rings is 3. The van der Waals surface area contributed by atoms with Gasteiger partial charge in [0.05, 0.1) is 11.4 Å². The second-order valence-corrected chi connectivity index (χ2v) is 10.6. The standard InChI is InChI=1S/C28H25FN4O2S2/c29-22-8-4-7-21(17-22)27(35)33-15-13-32(14-16-33)24-11-9-23(10-12-24)30-26(34)19-37-28-31-25(18-36-28)20-5-2-1-3-6-20/h1-12,17-18H,13-16,19H2,(H,30,34). The lowest BCUT2D eigenvalue weighted by Crippen LogP contribution is -2.48. The first kappa shape index (κ1) is 25.0. The van der Waals surface area contributed by atoms with Gasteiger partial charge in [0, 0.05) is 54.1 Å². The van der Waals surface area contributed by atoms with E-state index in [4.69, 9.17) is 0 Å². The summed E-state index contributed by atoms with van der Waals surface area (Å²) in [5.41, 5.74) is 4.12. The van der Waals surface area contributed by atoms with Gasteiger partial charge in [-0.05, 0) is 42.5 Å². The van der Waals surface area contributed by atoms with Gasteiger partial charge in [-0.2, -0.15) is 0 Å². The van der Waals surface area contributed by atoms with E-state index in [-0.39, 0.29) is 17.6 Å². The average Bonchev–Trinajstić information content (AvgIpc) is 3.42. The van der Waals surface area contributed by atoms with Gasteiger partial charge in [-0.25, -0.2) is 9.37 Å². The molecule has 1 aliphatic rings. The molecule has 1 saturated heterocycles.